The molecule has 3 aromatic carbocycles. The van der Waals surface area contributed by atoms with Crippen LogP contribution < -0.4 is 5.73 Å². The molecule has 0 saturated carbocycles. The first-order chi connectivity index (χ1) is 25.8. The smallest absolute Gasteiger partial charge is 0.417 e. The number of carbonyl (C=O) groups excluding carboxylic acids is 5. The largest absolute Gasteiger partial charge is 0.448 e. The van der Waals surface area contributed by atoms with E-state index in [1.807, 2.05) is 67.7 Å². The molecule has 2 N–H and O–H groups in total. The van der Waals surface area contributed by atoms with E-state index in [0.29, 0.717) is 48.4 Å². The van der Waals surface area contributed by atoms with Crippen LogP contribution in [0.5, 0.6) is 0 Å². The van der Waals surface area contributed by atoms with E-state index < -0.39 is 59.1 Å². The summed E-state index contributed by atoms with van der Waals surface area (Å²) in [5.41, 5.74) is 7.49. The van der Waals surface area contributed by atoms with Crippen LogP contribution in [0.3, 0.4) is 0 Å². The number of hydrogen-bond acceptors (Lipinski definition) is 11. The maximum Gasteiger partial charge on any atom is 0.417 e. The highest BCUT2D eigenvalue weighted by atomic mass is 32.2. The monoisotopic (exact) mass is 755 g/mol. The van der Waals surface area contributed by atoms with E-state index in [-0.39, 0.29) is 18.1 Å². The number of nitrogens with zero attached hydrogens (tertiary/aromatic N) is 4. The summed E-state index contributed by atoms with van der Waals surface area (Å²) in [6.07, 6.45) is -2.41. The van der Waals surface area contributed by atoms with E-state index >= 15 is 0 Å². The second-order valence-electron chi connectivity index (χ2n) is 14.3. The van der Waals surface area contributed by atoms with Gasteiger partial charge in [0.05, 0.1) is 0 Å². The van der Waals surface area contributed by atoms with E-state index in [2.05, 4.69) is 4.90 Å². The zero-order chi connectivity index (χ0) is 38.6. The Kier molecular flexibility index (Phi) is 11.7. The summed E-state index contributed by atoms with van der Waals surface area (Å²) >= 11 is 1.23. The summed E-state index contributed by atoms with van der Waals surface area (Å²) in [4.78, 5) is 75.5. The SMILES string of the molecule is CN1CCN(C(=O)OCC2=C(C(=O)OC(c3ccccc3)c3ccccc3)N3C(=O)C(N(C(=O)OC(C)(C)C)C(=O)[C@H](N)c4ccccc4)[C@H]3SC2)CC1. The van der Waals surface area contributed by atoms with Crippen molar-refractivity contribution in [1.82, 2.24) is 19.6 Å². The van der Waals surface area contributed by atoms with Gasteiger partial charge in [0.1, 0.15) is 29.3 Å². The number of thioether (sulfide) groups is 1. The third-order valence-electron chi connectivity index (χ3n) is 9.30. The fourth-order valence-electron chi connectivity index (χ4n) is 6.45. The molecule has 3 aromatic rings. The maximum atomic E-state index is 14.5. The number of ether oxygens (including phenoxy) is 3. The molecule has 0 aromatic heterocycles. The minimum atomic E-state index is -1.34. The molecular weight excluding hydrogens is 711 g/mol. The van der Waals surface area contributed by atoms with Gasteiger partial charge in [-0.2, -0.15) is 0 Å². The van der Waals surface area contributed by atoms with Crippen LogP contribution in [0.25, 0.3) is 0 Å². The molecule has 0 bridgehead atoms. The van der Waals surface area contributed by atoms with Gasteiger partial charge in [0.25, 0.3) is 11.8 Å². The second kappa shape index (κ2) is 16.5. The number of hydrogen-bond donors (Lipinski definition) is 1. The number of likely N-dealkylation sites (N-methyl/N-ethyl adjacent to an activating group) is 1. The lowest BCUT2D eigenvalue weighted by molar-refractivity contribution is -0.161. The second-order valence-corrected chi connectivity index (χ2v) is 15.4. The summed E-state index contributed by atoms with van der Waals surface area (Å²) in [5.74, 6) is -2.24. The van der Waals surface area contributed by atoms with Crippen LogP contribution in [0.1, 0.15) is 49.6 Å². The molecule has 54 heavy (non-hydrogen) atoms. The number of imide groups is 1. The molecule has 3 aliphatic rings. The highest BCUT2D eigenvalue weighted by Crippen LogP contribution is 2.44. The molecule has 1 unspecified atom stereocenters. The van der Waals surface area contributed by atoms with Gasteiger partial charge in [0.15, 0.2) is 12.1 Å². The average molecular weight is 756 g/mol. The Morgan fingerprint density at radius 1 is 0.852 bits per heavy atom. The minimum Gasteiger partial charge on any atom is -0.448 e. The lowest BCUT2D eigenvalue weighted by Gasteiger charge is -2.52. The Labute approximate surface area is 319 Å². The average Bonchev–Trinajstić information content (AvgIpc) is 3.17. The Balaban J connectivity index is 1.34. The van der Waals surface area contributed by atoms with Crippen LogP contribution in [0.2, 0.25) is 0 Å². The quantitative estimate of drug-likeness (QED) is 0.184. The molecule has 4 amide bonds. The van der Waals surface area contributed by atoms with Crippen LogP contribution in [0, 0.1) is 0 Å². The lowest BCUT2D eigenvalue weighted by Crippen LogP contribution is -2.73. The molecule has 6 rings (SSSR count). The number of fused-ring (bicyclic) bond motifs is 1. The van der Waals surface area contributed by atoms with E-state index in [1.54, 1.807) is 56.0 Å². The molecule has 0 aliphatic carbocycles. The molecule has 284 valence electrons. The number of rotatable bonds is 9. The Bertz CT molecular complexity index is 1840. The highest BCUT2D eigenvalue weighted by molar-refractivity contribution is 8.00. The normalized spacial score (nSPS) is 19.4. The summed E-state index contributed by atoms with van der Waals surface area (Å²) in [6.45, 7) is 7.03. The molecule has 3 aliphatic heterocycles. The van der Waals surface area contributed by atoms with Crippen molar-refractivity contribution >= 4 is 41.7 Å². The first-order valence-corrected chi connectivity index (χ1v) is 18.8. The Morgan fingerprint density at radius 3 is 1.93 bits per heavy atom. The minimum absolute atomic E-state index is 0.105. The molecule has 0 radical (unpaired) electrons. The van der Waals surface area contributed by atoms with Gasteiger partial charge >= 0.3 is 18.2 Å². The van der Waals surface area contributed by atoms with Gasteiger partial charge in [-0.05, 0) is 44.5 Å². The Hall–Kier alpha value is -5.18. The van der Waals surface area contributed by atoms with Crippen molar-refractivity contribution in [1.29, 1.82) is 0 Å². The van der Waals surface area contributed by atoms with Crippen molar-refractivity contribution in [2.75, 3.05) is 45.6 Å². The van der Waals surface area contributed by atoms with Gasteiger partial charge in [0.2, 0.25) is 0 Å². The van der Waals surface area contributed by atoms with Gasteiger partial charge < -0.3 is 29.7 Å². The van der Waals surface area contributed by atoms with Crippen molar-refractivity contribution in [3.8, 4) is 0 Å². The van der Waals surface area contributed by atoms with Gasteiger partial charge in [-0.3, -0.25) is 14.5 Å². The number of amides is 4. The lowest BCUT2D eigenvalue weighted by atomic mass is 9.98. The highest BCUT2D eigenvalue weighted by Gasteiger charge is 2.60. The van der Waals surface area contributed by atoms with Gasteiger partial charge in [0, 0.05) is 37.5 Å². The van der Waals surface area contributed by atoms with Gasteiger partial charge in [-0.25, -0.2) is 19.3 Å². The number of esters is 1. The fourth-order valence-corrected chi connectivity index (χ4v) is 7.82. The Morgan fingerprint density at radius 2 is 1.39 bits per heavy atom. The third kappa shape index (κ3) is 8.46. The molecule has 14 heteroatoms. The number of nitrogens with two attached hydrogens (primary N) is 1. The standard InChI is InChI=1S/C40H45N5O8S/c1-40(2,3)53-39(50)45(34(46)30(41)26-14-8-5-9-15-26)32-35(47)44-31(29(25-54-36(32)44)24-51-38(49)43-22-20-42(4)21-23-43)37(48)52-33(27-16-10-6-11-17-27)28-18-12-7-13-19-28/h5-19,30,32-33,36H,20-25,41H2,1-4H3/t30-,32?,36-/m1/s1. The summed E-state index contributed by atoms with van der Waals surface area (Å²) < 4.78 is 17.6. The van der Waals surface area contributed by atoms with Crippen molar-refractivity contribution in [3.63, 3.8) is 0 Å². The van der Waals surface area contributed by atoms with Crippen LogP contribution in [0.4, 0.5) is 9.59 Å². The maximum absolute atomic E-state index is 14.5. The predicted molar refractivity (Wildman–Crippen MR) is 202 cm³/mol. The third-order valence-corrected chi connectivity index (χ3v) is 10.6. The molecule has 2 saturated heterocycles. The molecule has 2 fully saturated rings. The number of piperazine rings is 1. The first kappa shape index (κ1) is 38.5. The van der Waals surface area contributed by atoms with E-state index in [4.69, 9.17) is 19.9 Å². The number of carbonyl (C=O) groups is 5. The molecule has 13 nitrogen and oxygen atoms in total. The molecule has 3 atom stereocenters. The van der Waals surface area contributed by atoms with Crippen LogP contribution in [-0.2, 0) is 28.6 Å². The van der Waals surface area contributed by atoms with Crippen molar-refractivity contribution in [2.24, 2.45) is 5.73 Å². The van der Waals surface area contributed by atoms with E-state index in [9.17, 15) is 24.0 Å². The summed E-state index contributed by atoms with van der Waals surface area (Å²) in [7, 11) is 1.98. The topological polar surface area (TPSA) is 152 Å². The fraction of sp³-hybridized carbons (Fsp3) is 0.375. The zero-order valence-corrected chi connectivity index (χ0v) is 31.6. The summed E-state index contributed by atoms with van der Waals surface area (Å²) in [6, 6.07) is 24.3. The number of β-lactam (4-membered cyclic amide) rings is 1. The van der Waals surface area contributed by atoms with Crippen molar-refractivity contribution < 1.29 is 38.2 Å². The van der Waals surface area contributed by atoms with Crippen LogP contribution >= 0.6 is 11.8 Å². The van der Waals surface area contributed by atoms with Crippen LogP contribution in [0.15, 0.2) is 102 Å². The van der Waals surface area contributed by atoms with E-state index in [1.165, 1.54) is 16.7 Å². The van der Waals surface area contributed by atoms with Crippen LogP contribution in [-0.4, -0.2) is 112 Å². The molecule has 3 heterocycles. The predicted octanol–water partition coefficient (Wildman–Crippen LogP) is 4.70. The number of benzene rings is 3. The van der Waals surface area contributed by atoms with Crippen molar-refractivity contribution in [2.45, 2.75) is 49.9 Å². The summed E-state index contributed by atoms with van der Waals surface area (Å²) in [5, 5.41) is -0.886. The molecule has 0 spiro atoms. The molecular formula is C40H45N5O8S. The first-order valence-electron chi connectivity index (χ1n) is 17.8. The van der Waals surface area contributed by atoms with Gasteiger partial charge in [-0.15, -0.1) is 11.8 Å². The van der Waals surface area contributed by atoms with Gasteiger partial charge in [-0.1, -0.05) is 91.0 Å². The van der Waals surface area contributed by atoms with Crippen molar-refractivity contribution in [3.05, 3.63) is 119 Å². The zero-order valence-electron chi connectivity index (χ0n) is 30.8. The van der Waals surface area contributed by atoms with E-state index in [0.717, 1.165) is 4.90 Å².